The van der Waals surface area contributed by atoms with E-state index in [1.807, 2.05) is 267 Å². The Balaban J connectivity index is 0.000000156. The van der Waals surface area contributed by atoms with E-state index in [-0.39, 0.29) is 37.9 Å². The van der Waals surface area contributed by atoms with Gasteiger partial charge in [0.05, 0.1) is 41.2 Å². The minimum Gasteiger partial charge on any atom is -0.497 e. The third-order valence-corrected chi connectivity index (χ3v) is 21.4. The summed E-state index contributed by atoms with van der Waals surface area (Å²) >= 11 is 0. The lowest BCUT2D eigenvalue weighted by Gasteiger charge is -2.28. The third-order valence-electron chi connectivity index (χ3n) is 21.4. The Morgan fingerprint density at radius 2 is 0.413 bits per heavy atom. The zero-order valence-electron chi connectivity index (χ0n) is 70.7. The van der Waals surface area contributed by atoms with Crippen molar-refractivity contribution in [3.63, 3.8) is 0 Å². The summed E-state index contributed by atoms with van der Waals surface area (Å²) in [5, 5.41) is 31.2. The van der Waals surface area contributed by atoms with Crippen molar-refractivity contribution in [2.75, 3.05) is 80.7 Å². The molecule has 0 aliphatic carbocycles. The number of rotatable bonds is 28. The maximum Gasteiger partial charge on any atom is 0.251 e. The number of aliphatic hydroxyl groups excluding tert-OH is 3. The van der Waals surface area contributed by atoms with Crippen LogP contribution in [0, 0.1) is 6.92 Å². The molecule has 0 unspecified atom stereocenters. The minimum absolute atomic E-state index is 0.00359. The van der Waals surface area contributed by atoms with Crippen molar-refractivity contribution >= 4 is 137 Å². The maximum atomic E-state index is 13.1. The van der Waals surface area contributed by atoms with Gasteiger partial charge in [0.2, 0.25) is 0 Å². The number of Topliss-reactive ketones (excluding diaryl/α,β-unsaturated/α-hetero) is 1. The van der Waals surface area contributed by atoms with Crippen LogP contribution in [0.15, 0.2) is 388 Å². The number of ketones is 1. The number of amides is 1. The summed E-state index contributed by atoms with van der Waals surface area (Å²) in [7, 11) is 6.56. The van der Waals surface area contributed by atoms with Crippen LogP contribution in [0.4, 0.5) is 125 Å². The molecule has 126 heavy (non-hydrogen) atoms. The van der Waals surface area contributed by atoms with Gasteiger partial charge in [-0.1, -0.05) is 78.4 Å². The molecule has 0 radical (unpaired) electrons. The van der Waals surface area contributed by atoms with E-state index in [0.29, 0.717) is 33.9 Å². The second-order valence-corrected chi connectivity index (χ2v) is 29.8. The zero-order valence-corrected chi connectivity index (χ0v) is 70.7. The topological polar surface area (TPSA) is 258 Å². The molecule has 0 fully saturated rings. The first-order valence-electron chi connectivity index (χ1n) is 41.0. The van der Waals surface area contributed by atoms with E-state index in [1.54, 1.807) is 52.6 Å². The van der Waals surface area contributed by atoms with Crippen LogP contribution < -0.4 is 71.9 Å². The highest BCUT2D eigenvalue weighted by Crippen LogP contribution is 2.45. The van der Waals surface area contributed by atoms with Crippen LogP contribution in [0.2, 0.25) is 0 Å². The molecule has 16 rings (SSSR count). The molecule has 0 spiro atoms. The van der Waals surface area contributed by atoms with Crippen LogP contribution in [0.25, 0.3) is 0 Å². The molecule has 0 aliphatic rings. The zero-order chi connectivity index (χ0) is 88.0. The van der Waals surface area contributed by atoms with Crippen molar-refractivity contribution in [1.29, 1.82) is 0 Å². The molecule has 19 heteroatoms. The van der Waals surface area contributed by atoms with Crippen molar-refractivity contribution < 1.29 is 39.1 Å². The lowest BCUT2D eigenvalue weighted by molar-refractivity contribution is 0.0959. The molecule has 0 heterocycles. The Bertz CT molecular complexity index is 5720. The molecule has 12 N–H and O–H groups in total. The summed E-state index contributed by atoms with van der Waals surface area (Å²) < 4.78 is 16.1. The number of hydrogen-bond acceptors (Lipinski definition) is 18. The predicted octanol–water partition coefficient (Wildman–Crippen LogP) is 23.8. The van der Waals surface area contributed by atoms with Crippen molar-refractivity contribution in [2.45, 2.75) is 33.2 Å². The summed E-state index contributed by atoms with van der Waals surface area (Å²) in [4.78, 5) is 38.0. The first kappa shape index (κ1) is 86.3. The van der Waals surface area contributed by atoms with Gasteiger partial charge >= 0.3 is 0 Å². The fourth-order valence-electron chi connectivity index (χ4n) is 14.6. The number of nitrogens with zero attached hydrogens (tertiary/aromatic N) is 6. The number of carbonyl (C=O) groups is 2. The molecule has 1 amide bonds. The quantitative estimate of drug-likeness (QED) is 0.0167. The van der Waals surface area contributed by atoms with E-state index < -0.39 is 0 Å². The molecule has 0 saturated carbocycles. The molecule has 0 saturated heterocycles. The molecule has 16 aromatic carbocycles. The van der Waals surface area contributed by atoms with E-state index in [9.17, 15) is 24.9 Å². The first-order valence-corrected chi connectivity index (χ1v) is 41.0. The third kappa shape index (κ3) is 21.1. The van der Waals surface area contributed by atoms with Crippen LogP contribution in [0.3, 0.4) is 0 Å². The van der Waals surface area contributed by atoms with E-state index >= 15 is 0 Å². The average Bonchev–Trinajstić information content (AvgIpc) is 0.801. The standard InChI is InChI=1S/C43H39N3O4.2C32H30N4O2/c1-30-4-14-35(15-5-30)45(36-16-6-31(7-17-36)28-42(48)33-10-12-34(13-11-33)43(49)44-2)38-20-22-39(23-21-38)46(37-18-8-32(29-47)9-19-37)40-24-26-41(50-3)27-25-40;2*1-38-32-20-18-31(19-21-32)35(26-8-2-23(22-37)3-9-26)29-14-16-30(17-15-29)36(27-10-4-24(33)5-11-27)28-12-6-25(34)7-13-28/h4-27,47H,28-29H2,1-3H3,(H,44,49);2*2-21,37H,22,33-34H2,1H3. The SMILES string of the molecule is CNC(=O)c1ccc(C(=O)Cc2ccc(N(c3ccc(C)cc3)c3ccc(N(c4ccc(CO)cc4)c4ccc(OC)cc4)cc3)cc2)cc1.COc1ccc(N(c2ccc(CO)cc2)c2ccc(N(c3ccc(N)cc3)c3ccc(N)cc3)cc2)cc1.COc1ccc(N(c2ccc(CO)cc2)c2ccc(N(c3ccc(N)cc3)c3ccc(N)cc3)cc2)cc1. The largest absolute Gasteiger partial charge is 0.497 e. The Kier molecular flexibility index (Phi) is 28.1. The number of nitrogens with two attached hydrogens (primary N) is 4. The maximum absolute atomic E-state index is 13.1. The second-order valence-electron chi connectivity index (χ2n) is 29.8. The molecule has 0 aliphatic heterocycles. The summed E-state index contributed by atoms with van der Waals surface area (Å²) in [6.07, 6.45) is 0.249. The molecule has 16 aromatic rings. The van der Waals surface area contributed by atoms with Crippen molar-refractivity contribution in [3.05, 3.63) is 427 Å². The van der Waals surface area contributed by atoms with Gasteiger partial charge in [-0.25, -0.2) is 0 Å². The van der Waals surface area contributed by atoms with Gasteiger partial charge in [0.25, 0.3) is 5.91 Å². The Hall–Kier alpha value is -16.1. The monoisotopic (exact) mass is 1670 g/mol. The van der Waals surface area contributed by atoms with Gasteiger partial charge in [0.15, 0.2) is 5.78 Å². The van der Waals surface area contributed by atoms with Gasteiger partial charge in [-0.2, -0.15) is 0 Å². The number of aryl methyl sites for hydroxylation is 1. The predicted molar refractivity (Wildman–Crippen MR) is 515 cm³/mol. The van der Waals surface area contributed by atoms with Gasteiger partial charge in [0, 0.05) is 150 Å². The lowest BCUT2D eigenvalue weighted by atomic mass is 10.0. The smallest absolute Gasteiger partial charge is 0.251 e. The van der Waals surface area contributed by atoms with E-state index in [1.165, 1.54) is 5.56 Å². The Labute approximate surface area is 735 Å². The number of anilines is 22. The molecule has 0 bridgehead atoms. The molecule has 630 valence electrons. The number of benzene rings is 16. The van der Waals surface area contributed by atoms with Crippen LogP contribution in [0.5, 0.6) is 17.2 Å². The summed E-state index contributed by atoms with van der Waals surface area (Å²) in [6.45, 7) is 2.06. The Morgan fingerprint density at radius 1 is 0.246 bits per heavy atom. The van der Waals surface area contributed by atoms with Crippen molar-refractivity contribution in [3.8, 4) is 17.2 Å². The molecular weight excluding hydrogens is 1570 g/mol. The van der Waals surface area contributed by atoms with Gasteiger partial charge in [-0.3, -0.25) is 9.59 Å². The number of carbonyl (C=O) groups excluding carboxylic acids is 2. The molecular formula is C107H99N11O8. The number of hydrogen-bond donors (Lipinski definition) is 8. The molecule has 0 atom stereocenters. The normalized spacial score (nSPS) is 10.7. The summed E-state index contributed by atoms with van der Waals surface area (Å²) in [5.41, 5.74) is 50.1. The highest BCUT2D eigenvalue weighted by molar-refractivity contribution is 6.00. The van der Waals surface area contributed by atoms with Gasteiger partial charge < -0.3 is 87.2 Å². The number of ether oxygens (including phenoxy) is 3. The summed E-state index contributed by atoms with van der Waals surface area (Å²) in [6, 6.07) is 127. The van der Waals surface area contributed by atoms with Crippen LogP contribution in [0.1, 0.15) is 48.5 Å². The fraction of sp³-hybridized carbons (Fsp3) is 0.0841. The van der Waals surface area contributed by atoms with Crippen molar-refractivity contribution in [1.82, 2.24) is 5.32 Å². The van der Waals surface area contributed by atoms with E-state index in [4.69, 9.17) is 37.1 Å². The Morgan fingerprint density at radius 3 is 0.603 bits per heavy atom. The number of nitrogens with one attached hydrogen (secondary N) is 1. The van der Waals surface area contributed by atoms with E-state index in [0.717, 1.165) is 142 Å². The van der Waals surface area contributed by atoms with Gasteiger partial charge in [-0.05, 0) is 345 Å². The van der Waals surface area contributed by atoms with Crippen LogP contribution in [-0.2, 0) is 26.2 Å². The number of methoxy groups -OCH3 is 3. The first-order chi connectivity index (χ1) is 61.5. The number of nitrogen functional groups attached to an aromatic ring is 4. The highest BCUT2D eigenvalue weighted by atomic mass is 16.5. The van der Waals surface area contributed by atoms with Crippen LogP contribution >= 0.6 is 0 Å². The van der Waals surface area contributed by atoms with Gasteiger partial charge in [0.1, 0.15) is 17.2 Å². The van der Waals surface area contributed by atoms with Crippen LogP contribution in [-0.4, -0.2) is 55.4 Å². The van der Waals surface area contributed by atoms with Gasteiger partial charge in [-0.15, -0.1) is 0 Å². The second kappa shape index (κ2) is 41.0. The lowest BCUT2D eigenvalue weighted by Crippen LogP contribution is -2.17. The summed E-state index contributed by atoms with van der Waals surface area (Å²) in [5.74, 6) is 2.17. The highest BCUT2D eigenvalue weighted by Gasteiger charge is 2.23. The average molecular weight is 1670 g/mol. The van der Waals surface area contributed by atoms with E-state index in [2.05, 4.69) is 139 Å². The molecule has 0 aromatic heterocycles. The minimum atomic E-state index is -0.185. The fourth-order valence-corrected chi connectivity index (χ4v) is 14.6. The van der Waals surface area contributed by atoms with Crippen molar-refractivity contribution in [2.24, 2.45) is 0 Å². The molecule has 19 nitrogen and oxygen atoms in total. The number of aliphatic hydroxyl groups is 3.